The molecular weight excluding hydrogens is 522 g/mol. The maximum atomic E-state index is 14.7. The van der Waals surface area contributed by atoms with Crippen molar-refractivity contribution in [1.82, 2.24) is 24.3 Å². The SMILES string of the molecule is CC(C)CN(C(=O)c1nc2ccccc2n1CC1CC1)[C@H]1C[C@@H](C(=O)N2CCOCC2)CN(C(=O)O)C1C(C)(C)C. The lowest BCUT2D eigenvalue weighted by molar-refractivity contribution is -0.144. The Morgan fingerprint density at radius 1 is 1.12 bits per heavy atom. The fourth-order valence-electron chi connectivity index (χ4n) is 6.69. The van der Waals surface area contributed by atoms with Crippen LogP contribution in [0.5, 0.6) is 0 Å². The van der Waals surface area contributed by atoms with Crippen molar-refractivity contribution in [3.63, 3.8) is 0 Å². The third-order valence-corrected chi connectivity index (χ3v) is 8.65. The van der Waals surface area contributed by atoms with Crippen LogP contribution in [-0.4, -0.2) is 98.7 Å². The molecule has 3 heterocycles. The number of imidazole rings is 1. The quantitative estimate of drug-likeness (QED) is 0.538. The normalized spacial score (nSPS) is 23.7. The lowest BCUT2D eigenvalue weighted by atomic mass is 9.74. The molecule has 41 heavy (non-hydrogen) atoms. The van der Waals surface area contributed by atoms with Crippen molar-refractivity contribution in [2.24, 2.45) is 23.2 Å². The number of nitrogens with zero attached hydrogens (tertiary/aromatic N) is 5. The second-order valence-electron chi connectivity index (χ2n) is 13.5. The first-order chi connectivity index (χ1) is 19.5. The van der Waals surface area contributed by atoms with Gasteiger partial charge in [-0.1, -0.05) is 46.8 Å². The minimum atomic E-state index is -1.06. The fourth-order valence-corrected chi connectivity index (χ4v) is 6.69. The van der Waals surface area contributed by atoms with Crippen LogP contribution in [0.4, 0.5) is 4.79 Å². The standard InChI is InChI=1S/C31H45N5O5/c1-20(2)17-35(29(38)27-32-23-8-6-7-9-24(23)34(27)18-21-10-11-21)25-16-22(28(37)33-12-14-41-15-13-33)19-36(30(39)40)26(25)31(3,4)5/h6-9,20-22,25-26H,10-19H2,1-5H3,(H,39,40)/t22-,25+,26?/m1/s1. The van der Waals surface area contributed by atoms with Crippen LogP contribution >= 0.6 is 0 Å². The van der Waals surface area contributed by atoms with Gasteiger partial charge in [0.05, 0.1) is 42.2 Å². The van der Waals surface area contributed by atoms with Gasteiger partial charge in [-0.05, 0) is 48.6 Å². The van der Waals surface area contributed by atoms with Gasteiger partial charge < -0.3 is 29.1 Å². The Hall–Kier alpha value is -3.14. The predicted octanol–water partition coefficient (Wildman–Crippen LogP) is 4.19. The Kier molecular flexibility index (Phi) is 8.32. The number of para-hydroxylation sites is 2. The summed E-state index contributed by atoms with van der Waals surface area (Å²) in [6.45, 7) is 13.4. The maximum absolute atomic E-state index is 14.7. The summed E-state index contributed by atoms with van der Waals surface area (Å²) >= 11 is 0. The molecule has 0 spiro atoms. The van der Waals surface area contributed by atoms with Crippen LogP contribution in [0, 0.1) is 23.2 Å². The Morgan fingerprint density at radius 2 is 1.80 bits per heavy atom. The Morgan fingerprint density at radius 3 is 2.41 bits per heavy atom. The number of amides is 3. The maximum Gasteiger partial charge on any atom is 0.407 e. The van der Waals surface area contributed by atoms with Crippen molar-refractivity contribution in [2.45, 2.75) is 72.5 Å². The van der Waals surface area contributed by atoms with Gasteiger partial charge in [-0.15, -0.1) is 0 Å². The molecule has 1 aromatic heterocycles. The second kappa shape index (κ2) is 11.6. The summed E-state index contributed by atoms with van der Waals surface area (Å²) in [5.41, 5.74) is 1.25. The molecule has 1 aromatic carbocycles. The van der Waals surface area contributed by atoms with Crippen LogP contribution in [0.15, 0.2) is 24.3 Å². The summed E-state index contributed by atoms with van der Waals surface area (Å²) in [4.78, 5) is 51.0. The van der Waals surface area contributed by atoms with Gasteiger partial charge in [0.15, 0.2) is 5.82 Å². The molecule has 3 atom stereocenters. The molecule has 0 radical (unpaired) electrons. The van der Waals surface area contributed by atoms with Crippen molar-refractivity contribution in [3.8, 4) is 0 Å². The second-order valence-corrected chi connectivity index (χ2v) is 13.5. The van der Waals surface area contributed by atoms with E-state index in [2.05, 4.69) is 18.4 Å². The van der Waals surface area contributed by atoms with Crippen LogP contribution in [0.1, 0.15) is 64.5 Å². The van der Waals surface area contributed by atoms with E-state index in [0.717, 1.165) is 30.4 Å². The van der Waals surface area contributed by atoms with Gasteiger partial charge in [-0.3, -0.25) is 9.59 Å². The Bertz CT molecular complexity index is 1270. The van der Waals surface area contributed by atoms with E-state index < -0.39 is 29.5 Å². The number of rotatable bonds is 7. The summed E-state index contributed by atoms with van der Waals surface area (Å²) in [6, 6.07) is 6.87. The molecule has 3 fully saturated rings. The van der Waals surface area contributed by atoms with Gasteiger partial charge in [-0.2, -0.15) is 0 Å². The van der Waals surface area contributed by atoms with E-state index in [0.29, 0.717) is 51.0 Å². The van der Waals surface area contributed by atoms with Crippen LogP contribution < -0.4 is 0 Å². The van der Waals surface area contributed by atoms with E-state index in [1.165, 1.54) is 4.90 Å². The minimum absolute atomic E-state index is 0.0603. The van der Waals surface area contributed by atoms with E-state index in [9.17, 15) is 19.5 Å². The molecule has 2 saturated heterocycles. The zero-order valence-corrected chi connectivity index (χ0v) is 25.1. The topological polar surface area (TPSA) is 108 Å². The van der Waals surface area contributed by atoms with Gasteiger partial charge in [0.1, 0.15) is 0 Å². The smallest absolute Gasteiger partial charge is 0.407 e. The number of aromatic nitrogens is 2. The minimum Gasteiger partial charge on any atom is -0.465 e. The number of hydrogen-bond donors (Lipinski definition) is 1. The number of carboxylic acid groups (broad SMARTS) is 1. The molecule has 5 rings (SSSR count). The molecule has 10 heteroatoms. The van der Waals surface area contributed by atoms with Gasteiger partial charge in [0.25, 0.3) is 5.91 Å². The molecule has 3 aliphatic rings. The monoisotopic (exact) mass is 567 g/mol. The van der Waals surface area contributed by atoms with E-state index >= 15 is 0 Å². The summed E-state index contributed by atoms with van der Waals surface area (Å²) in [6.07, 6.45) is 1.63. The third-order valence-electron chi connectivity index (χ3n) is 8.65. The molecule has 1 N–H and O–H groups in total. The summed E-state index contributed by atoms with van der Waals surface area (Å²) in [7, 11) is 0. The number of piperidine rings is 1. The van der Waals surface area contributed by atoms with Crippen LogP contribution in [0.3, 0.4) is 0 Å². The van der Waals surface area contributed by atoms with Crippen molar-refractivity contribution >= 4 is 28.9 Å². The summed E-state index contributed by atoms with van der Waals surface area (Å²) in [5, 5.41) is 10.4. The van der Waals surface area contributed by atoms with E-state index in [1.807, 2.05) is 49.9 Å². The van der Waals surface area contributed by atoms with Crippen LogP contribution in [-0.2, 0) is 16.1 Å². The van der Waals surface area contributed by atoms with E-state index in [4.69, 9.17) is 9.72 Å². The first-order valence-electron chi connectivity index (χ1n) is 15.1. The molecular formula is C31H45N5O5. The average molecular weight is 568 g/mol. The van der Waals surface area contributed by atoms with E-state index in [1.54, 1.807) is 4.90 Å². The number of likely N-dealkylation sites (tertiary alicyclic amines) is 1. The zero-order chi connectivity index (χ0) is 29.5. The van der Waals surface area contributed by atoms with Gasteiger partial charge in [0.2, 0.25) is 5.91 Å². The highest BCUT2D eigenvalue weighted by atomic mass is 16.5. The number of fused-ring (bicyclic) bond motifs is 1. The number of carbonyl (C=O) groups excluding carboxylic acids is 2. The highest BCUT2D eigenvalue weighted by Gasteiger charge is 2.50. The number of ether oxygens (including phenoxy) is 1. The number of benzene rings is 1. The zero-order valence-electron chi connectivity index (χ0n) is 25.1. The van der Waals surface area contributed by atoms with Crippen molar-refractivity contribution in [2.75, 3.05) is 39.4 Å². The molecule has 2 aromatic rings. The molecule has 1 unspecified atom stereocenters. The third kappa shape index (κ3) is 6.22. The fraction of sp³-hybridized carbons (Fsp3) is 0.677. The van der Waals surface area contributed by atoms with Crippen molar-refractivity contribution < 1.29 is 24.2 Å². The lowest BCUT2D eigenvalue weighted by Crippen LogP contribution is -2.66. The van der Waals surface area contributed by atoms with Gasteiger partial charge in [-0.25, -0.2) is 9.78 Å². The Balaban J connectivity index is 1.57. The first-order valence-corrected chi connectivity index (χ1v) is 15.1. The van der Waals surface area contributed by atoms with Crippen molar-refractivity contribution in [3.05, 3.63) is 30.1 Å². The summed E-state index contributed by atoms with van der Waals surface area (Å²) < 4.78 is 7.51. The number of morpholine rings is 1. The Labute approximate surface area is 242 Å². The molecule has 10 nitrogen and oxygen atoms in total. The average Bonchev–Trinajstić information content (AvgIpc) is 3.69. The van der Waals surface area contributed by atoms with Crippen LogP contribution in [0.2, 0.25) is 0 Å². The highest BCUT2D eigenvalue weighted by molar-refractivity contribution is 5.95. The largest absolute Gasteiger partial charge is 0.465 e. The number of carbonyl (C=O) groups is 3. The highest BCUT2D eigenvalue weighted by Crippen LogP contribution is 2.39. The molecule has 3 amide bonds. The molecule has 1 saturated carbocycles. The summed E-state index contributed by atoms with van der Waals surface area (Å²) in [5.74, 6) is 0.270. The first kappa shape index (κ1) is 29.4. The van der Waals surface area contributed by atoms with Crippen LogP contribution in [0.25, 0.3) is 11.0 Å². The molecule has 2 aliphatic heterocycles. The predicted molar refractivity (Wildman–Crippen MR) is 156 cm³/mol. The van der Waals surface area contributed by atoms with Crippen molar-refractivity contribution in [1.29, 1.82) is 0 Å². The molecule has 224 valence electrons. The van der Waals surface area contributed by atoms with E-state index in [-0.39, 0.29) is 24.3 Å². The molecule has 0 bridgehead atoms. The number of hydrogen-bond acceptors (Lipinski definition) is 5. The molecule has 1 aliphatic carbocycles. The van der Waals surface area contributed by atoms with Gasteiger partial charge >= 0.3 is 6.09 Å². The van der Waals surface area contributed by atoms with Gasteiger partial charge in [0, 0.05) is 32.7 Å². The lowest BCUT2D eigenvalue weighted by Gasteiger charge is -2.52.